The average Bonchev–Trinajstić information content (AvgIpc) is 3.42. The number of benzene rings is 2. The zero-order chi connectivity index (χ0) is 24.9. The van der Waals surface area contributed by atoms with E-state index in [1.807, 2.05) is 0 Å². The molecule has 0 unspecified atom stereocenters. The van der Waals surface area contributed by atoms with E-state index in [-0.39, 0.29) is 25.9 Å². The molecule has 5 rings (SSSR count). The maximum Gasteiger partial charge on any atom is 0.324 e. The minimum absolute atomic E-state index is 0.0423. The zero-order valence-electron chi connectivity index (χ0n) is 17.4. The maximum atomic E-state index is 13.4. The van der Waals surface area contributed by atoms with Crippen molar-refractivity contribution in [2.45, 2.75) is 4.90 Å². The van der Waals surface area contributed by atoms with Crippen LogP contribution in [0, 0.1) is 0 Å². The predicted octanol–water partition coefficient (Wildman–Crippen LogP) is 3.96. The van der Waals surface area contributed by atoms with Crippen LogP contribution in [-0.2, 0) is 14.8 Å². The van der Waals surface area contributed by atoms with E-state index >= 15 is 0 Å². The lowest BCUT2D eigenvalue weighted by Crippen LogP contribution is -2.35. The van der Waals surface area contributed by atoms with Crippen molar-refractivity contribution in [2.75, 3.05) is 10.8 Å². The van der Waals surface area contributed by atoms with E-state index in [1.54, 1.807) is 35.3 Å². The summed E-state index contributed by atoms with van der Waals surface area (Å²) in [6.07, 6.45) is 3.33. The Morgan fingerprint density at radius 2 is 1.83 bits per heavy atom. The predicted molar refractivity (Wildman–Crippen MR) is 131 cm³/mol. The van der Waals surface area contributed by atoms with E-state index in [9.17, 15) is 18.3 Å². The van der Waals surface area contributed by atoms with Crippen LogP contribution in [0.4, 0.5) is 5.69 Å². The minimum Gasteiger partial charge on any atom is -0.480 e. The van der Waals surface area contributed by atoms with Crippen LogP contribution in [0.5, 0.6) is 0 Å². The fourth-order valence-electron chi connectivity index (χ4n) is 3.72. The number of hydrogen-bond acceptors (Lipinski definition) is 5. The summed E-state index contributed by atoms with van der Waals surface area (Å²) >= 11 is 18.0. The van der Waals surface area contributed by atoms with Crippen LogP contribution in [0.1, 0.15) is 0 Å². The number of imidazole rings is 1. The number of halogens is 3. The minimum atomic E-state index is -4.31. The topological polar surface area (TPSA) is 135 Å². The fraction of sp³-hybridized carbons (Fsp3) is 0.0476. The van der Waals surface area contributed by atoms with Crippen LogP contribution in [-0.4, -0.2) is 45.6 Å². The van der Waals surface area contributed by atoms with E-state index in [1.165, 1.54) is 24.3 Å². The first kappa shape index (κ1) is 23.4. The number of anilines is 1. The lowest BCUT2D eigenvalue weighted by atomic mass is 10.2. The average molecular weight is 553 g/mol. The van der Waals surface area contributed by atoms with Gasteiger partial charge in [0.15, 0.2) is 12.1 Å². The van der Waals surface area contributed by atoms with E-state index in [2.05, 4.69) is 19.9 Å². The number of H-pyrrole nitrogens is 2. The molecule has 10 nitrogen and oxygen atoms in total. The molecule has 0 aliphatic carbocycles. The largest absolute Gasteiger partial charge is 0.480 e. The normalized spacial score (nSPS) is 11.9. The molecule has 2 aromatic carbocycles. The molecule has 3 heterocycles. The SMILES string of the molecule is O=C(O)CN(c1ccc2c(ccn2-c2nc(Cl)nc3[nH+]c[nH]c23)c1)S(=O)(=O)c1cc(Cl)cc(Cl)c1. The van der Waals surface area contributed by atoms with Crippen molar-refractivity contribution in [3.63, 3.8) is 0 Å². The number of sulfonamides is 1. The second kappa shape index (κ2) is 8.68. The van der Waals surface area contributed by atoms with Crippen molar-refractivity contribution in [3.05, 3.63) is 70.3 Å². The molecule has 178 valence electrons. The van der Waals surface area contributed by atoms with Crippen LogP contribution >= 0.6 is 34.8 Å². The quantitative estimate of drug-likeness (QED) is 0.306. The van der Waals surface area contributed by atoms with Crippen LogP contribution in [0.2, 0.25) is 15.3 Å². The Morgan fingerprint density at radius 1 is 1.09 bits per heavy atom. The van der Waals surface area contributed by atoms with E-state index < -0.39 is 22.5 Å². The van der Waals surface area contributed by atoms with Crippen LogP contribution in [0.25, 0.3) is 27.9 Å². The molecule has 0 atom stereocenters. The Kier molecular flexibility index (Phi) is 5.80. The van der Waals surface area contributed by atoms with Gasteiger partial charge in [0.05, 0.1) is 16.1 Å². The van der Waals surface area contributed by atoms with Crippen molar-refractivity contribution in [2.24, 2.45) is 0 Å². The van der Waals surface area contributed by atoms with E-state index in [4.69, 9.17) is 34.8 Å². The van der Waals surface area contributed by atoms with E-state index in [0.717, 1.165) is 4.31 Å². The van der Waals surface area contributed by atoms with Gasteiger partial charge in [-0.05, 0) is 54.1 Å². The molecule has 0 aliphatic heterocycles. The highest BCUT2D eigenvalue weighted by Crippen LogP contribution is 2.31. The second-order valence-electron chi connectivity index (χ2n) is 7.41. The van der Waals surface area contributed by atoms with Gasteiger partial charge in [0.1, 0.15) is 6.54 Å². The van der Waals surface area contributed by atoms with Gasteiger partial charge < -0.3 is 5.11 Å². The molecule has 0 aliphatic rings. The number of carboxylic acids is 1. The maximum absolute atomic E-state index is 13.4. The molecule has 3 N–H and O–H groups in total. The van der Waals surface area contributed by atoms with Crippen LogP contribution in [0.15, 0.2) is 59.9 Å². The molecule has 5 aromatic rings. The summed E-state index contributed by atoms with van der Waals surface area (Å²) in [5, 5.41) is 10.3. The standard InChI is InChI=1S/C21H13Cl3N6O4S/c22-12-6-13(23)8-15(7-12)35(33,34)30(9-17(31)32)14-1-2-16-11(5-14)3-4-29(16)20-18-19(26-10-25-18)27-21(24)28-20/h1-8,10H,9H2,(H,31,32)(H,25,26,27,28)/p+1. The number of aromatic amines is 2. The summed E-state index contributed by atoms with van der Waals surface area (Å²) in [6, 6.07) is 10.3. The van der Waals surface area contributed by atoms with Crippen molar-refractivity contribution >= 4 is 78.5 Å². The Balaban J connectivity index is 1.63. The number of rotatable bonds is 6. The number of nitrogens with zero attached hydrogens (tertiary/aromatic N) is 4. The van der Waals surface area contributed by atoms with Gasteiger partial charge in [-0.25, -0.2) is 13.4 Å². The molecule has 3 aromatic heterocycles. The van der Waals surface area contributed by atoms with Gasteiger partial charge in [-0.3, -0.25) is 18.7 Å². The monoisotopic (exact) mass is 551 g/mol. The number of carbonyl (C=O) groups is 1. The van der Waals surface area contributed by atoms with Gasteiger partial charge in [-0.2, -0.15) is 4.98 Å². The summed E-state index contributed by atoms with van der Waals surface area (Å²) < 4.78 is 29.3. The smallest absolute Gasteiger partial charge is 0.324 e. The zero-order valence-corrected chi connectivity index (χ0v) is 20.5. The summed E-state index contributed by atoms with van der Waals surface area (Å²) in [6.45, 7) is -0.806. The lowest BCUT2D eigenvalue weighted by Gasteiger charge is -2.23. The Hall–Kier alpha value is -3.38. The van der Waals surface area contributed by atoms with Gasteiger partial charge in [-0.15, -0.1) is 0 Å². The molecule has 0 amide bonds. The fourth-order valence-corrected chi connectivity index (χ4v) is 6.02. The number of aliphatic carboxylic acids is 1. The highest BCUT2D eigenvalue weighted by atomic mass is 35.5. The van der Waals surface area contributed by atoms with Crippen molar-refractivity contribution < 1.29 is 23.3 Å². The summed E-state index contributed by atoms with van der Waals surface area (Å²) in [5.74, 6) is -0.854. The Bertz CT molecular complexity index is 1710. The Labute approximate surface area is 212 Å². The van der Waals surface area contributed by atoms with Gasteiger partial charge >= 0.3 is 16.9 Å². The van der Waals surface area contributed by atoms with Crippen molar-refractivity contribution in [3.8, 4) is 5.82 Å². The molecule has 0 bridgehead atoms. The van der Waals surface area contributed by atoms with Crippen molar-refractivity contribution in [1.29, 1.82) is 0 Å². The molecule has 14 heteroatoms. The third-order valence-corrected chi connectivity index (χ3v) is 7.54. The molecular weight excluding hydrogens is 539 g/mol. The molecule has 35 heavy (non-hydrogen) atoms. The molecular formula is C21H14Cl3N6O4S+. The number of aromatic nitrogens is 5. The summed E-state index contributed by atoms with van der Waals surface area (Å²) in [5.41, 5.74) is 1.95. The first-order valence-electron chi connectivity index (χ1n) is 9.88. The number of fused-ring (bicyclic) bond motifs is 2. The lowest BCUT2D eigenvalue weighted by molar-refractivity contribution is -0.347. The van der Waals surface area contributed by atoms with Crippen LogP contribution in [0.3, 0.4) is 0 Å². The molecule has 0 fully saturated rings. The number of hydrogen-bond donors (Lipinski definition) is 2. The van der Waals surface area contributed by atoms with E-state index in [0.29, 0.717) is 27.9 Å². The third-order valence-electron chi connectivity index (χ3n) is 5.18. The molecule has 0 radical (unpaired) electrons. The molecule has 0 saturated heterocycles. The van der Waals surface area contributed by atoms with Crippen LogP contribution < -0.4 is 9.29 Å². The first-order chi connectivity index (χ1) is 16.6. The second-order valence-corrected chi connectivity index (χ2v) is 10.5. The Morgan fingerprint density at radius 3 is 2.54 bits per heavy atom. The van der Waals surface area contributed by atoms with Gasteiger partial charge in [-0.1, -0.05) is 28.2 Å². The number of nitrogens with one attached hydrogen (secondary N) is 2. The number of carboxylic acid groups (broad SMARTS) is 1. The van der Waals surface area contributed by atoms with Crippen molar-refractivity contribution in [1.82, 2.24) is 19.5 Å². The first-order valence-corrected chi connectivity index (χ1v) is 12.5. The third kappa shape index (κ3) is 4.27. The highest BCUT2D eigenvalue weighted by molar-refractivity contribution is 7.92. The highest BCUT2D eigenvalue weighted by Gasteiger charge is 2.28. The molecule has 0 saturated carbocycles. The van der Waals surface area contributed by atoms with Gasteiger partial charge in [0.2, 0.25) is 5.52 Å². The summed E-state index contributed by atoms with van der Waals surface area (Å²) in [7, 11) is -4.31. The van der Waals surface area contributed by atoms with Gasteiger partial charge in [0.25, 0.3) is 10.0 Å². The molecule has 0 spiro atoms. The van der Waals surface area contributed by atoms with Gasteiger partial charge in [0, 0.05) is 21.6 Å². The summed E-state index contributed by atoms with van der Waals surface area (Å²) in [4.78, 5) is 25.8.